The molecule has 40 heavy (non-hydrogen) atoms. The number of benzene rings is 2. The Labute approximate surface area is 236 Å². The van der Waals surface area contributed by atoms with E-state index in [0.29, 0.717) is 48.2 Å². The molecule has 8 heteroatoms. The number of ketones is 1. The smallest absolute Gasteiger partial charge is 0.295 e. The fourth-order valence-corrected chi connectivity index (χ4v) is 5.13. The number of likely N-dealkylation sites (tertiary alicyclic amines) is 1. The summed E-state index contributed by atoms with van der Waals surface area (Å²) in [5.74, 6) is 0.183. The average Bonchev–Trinajstić information content (AvgIpc) is 3.58. The molecule has 0 unspecified atom stereocenters. The number of methoxy groups -OCH3 is 1. The van der Waals surface area contributed by atoms with Crippen LogP contribution in [0.25, 0.3) is 5.76 Å². The Kier molecular flexibility index (Phi) is 10.5. The maximum atomic E-state index is 13.4. The molecule has 4 rings (SSSR count). The third-order valence-corrected chi connectivity index (χ3v) is 7.37. The zero-order valence-electron chi connectivity index (χ0n) is 23.8. The number of amides is 1. The zero-order chi connectivity index (χ0) is 28.5. The molecule has 1 amide bonds. The van der Waals surface area contributed by atoms with Gasteiger partial charge in [0.15, 0.2) is 11.5 Å². The van der Waals surface area contributed by atoms with Crippen LogP contribution in [0.3, 0.4) is 0 Å². The minimum absolute atomic E-state index is 0.0429. The van der Waals surface area contributed by atoms with Gasteiger partial charge in [0.1, 0.15) is 11.5 Å². The molecule has 2 aliphatic heterocycles. The first-order valence-electron chi connectivity index (χ1n) is 14.4. The van der Waals surface area contributed by atoms with Crippen LogP contribution in [0, 0.1) is 0 Å². The topological polar surface area (TPSA) is 94.5 Å². The van der Waals surface area contributed by atoms with E-state index in [1.807, 2.05) is 6.07 Å². The molecule has 0 bridgehead atoms. The number of unbranched alkanes of at least 4 members (excludes halogenated alkanes) is 3. The SMILES string of the molecule is CCCCCOc1ccc([C@H]2C(=C(O)c3ccc(OCCCC)cc3)C(=O)C(=O)N2C[C@H]2CCCO2)cc1OC. The lowest BCUT2D eigenvalue weighted by atomic mass is 9.94. The fraction of sp³-hybridized carbons (Fsp3) is 0.500. The molecule has 0 radical (unpaired) electrons. The number of hydrogen-bond donors (Lipinski definition) is 1. The number of aliphatic hydroxyl groups is 1. The molecule has 216 valence electrons. The van der Waals surface area contributed by atoms with Crippen molar-refractivity contribution in [3.8, 4) is 17.2 Å². The van der Waals surface area contributed by atoms with Crippen molar-refractivity contribution in [3.05, 3.63) is 59.2 Å². The van der Waals surface area contributed by atoms with E-state index in [0.717, 1.165) is 44.9 Å². The minimum atomic E-state index is -0.798. The van der Waals surface area contributed by atoms with Gasteiger partial charge in [-0.1, -0.05) is 39.2 Å². The van der Waals surface area contributed by atoms with Gasteiger partial charge < -0.3 is 29.0 Å². The minimum Gasteiger partial charge on any atom is -0.507 e. The van der Waals surface area contributed by atoms with E-state index in [1.54, 1.807) is 43.5 Å². The second kappa shape index (κ2) is 14.2. The summed E-state index contributed by atoms with van der Waals surface area (Å²) in [6.07, 6.45) is 6.63. The number of carbonyl (C=O) groups excluding carboxylic acids is 2. The molecule has 0 aromatic heterocycles. The van der Waals surface area contributed by atoms with Crippen LogP contribution in [0.5, 0.6) is 17.2 Å². The van der Waals surface area contributed by atoms with Crippen molar-refractivity contribution < 1.29 is 33.6 Å². The summed E-state index contributed by atoms with van der Waals surface area (Å²) in [5.41, 5.74) is 1.13. The molecule has 2 atom stereocenters. The lowest BCUT2D eigenvalue weighted by Gasteiger charge is -2.28. The Morgan fingerprint density at radius 1 is 0.975 bits per heavy atom. The van der Waals surface area contributed by atoms with Gasteiger partial charge in [-0.2, -0.15) is 0 Å². The quantitative estimate of drug-likeness (QED) is 0.132. The van der Waals surface area contributed by atoms with Crippen LogP contribution < -0.4 is 14.2 Å². The number of carbonyl (C=O) groups is 2. The molecule has 2 aromatic rings. The molecule has 2 saturated heterocycles. The third kappa shape index (κ3) is 6.78. The van der Waals surface area contributed by atoms with E-state index in [1.165, 1.54) is 4.90 Å². The normalized spacial score (nSPS) is 20.2. The summed E-state index contributed by atoms with van der Waals surface area (Å²) in [5, 5.41) is 11.4. The molecule has 1 N–H and O–H groups in total. The van der Waals surface area contributed by atoms with Gasteiger partial charge in [-0.25, -0.2) is 0 Å². The van der Waals surface area contributed by atoms with Crippen molar-refractivity contribution in [1.29, 1.82) is 0 Å². The van der Waals surface area contributed by atoms with Gasteiger partial charge in [0, 0.05) is 18.7 Å². The predicted molar refractivity (Wildman–Crippen MR) is 153 cm³/mol. The summed E-state index contributed by atoms with van der Waals surface area (Å²) in [6, 6.07) is 11.5. The molecule has 8 nitrogen and oxygen atoms in total. The van der Waals surface area contributed by atoms with E-state index in [-0.39, 0.29) is 24.0 Å². The number of nitrogens with zero attached hydrogens (tertiary/aromatic N) is 1. The summed E-state index contributed by atoms with van der Waals surface area (Å²) in [4.78, 5) is 28.3. The van der Waals surface area contributed by atoms with Crippen molar-refractivity contribution in [2.24, 2.45) is 0 Å². The second-order valence-electron chi connectivity index (χ2n) is 10.3. The van der Waals surface area contributed by atoms with E-state index in [2.05, 4.69) is 13.8 Å². The van der Waals surface area contributed by atoms with E-state index in [9.17, 15) is 14.7 Å². The summed E-state index contributed by atoms with van der Waals surface area (Å²) >= 11 is 0. The Morgan fingerprint density at radius 3 is 2.40 bits per heavy atom. The monoisotopic (exact) mass is 551 g/mol. The van der Waals surface area contributed by atoms with Crippen LogP contribution in [-0.4, -0.2) is 61.3 Å². The number of Topliss-reactive ketones (excluding diaryl/α,β-unsaturated/α-hetero) is 1. The van der Waals surface area contributed by atoms with Crippen LogP contribution in [0.2, 0.25) is 0 Å². The Hall–Kier alpha value is -3.52. The van der Waals surface area contributed by atoms with Gasteiger partial charge in [0.05, 0.1) is 38.0 Å². The first-order valence-corrected chi connectivity index (χ1v) is 14.4. The van der Waals surface area contributed by atoms with E-state index < -0.39 is 17.7 Å². The number of ether oxygens (including phenoxy) is 4. The van der Waals surface area contributed by atoms with Crippen LogP contribution in [0.4, 0.5) is 0 Å². The Bertz CT molecular complexity index is 1180. The van der Waals surface area contributed by atoms with Crippen LogP contribution in [0.1, 0.15) is 76.0 Å². The van der Waals surface area contributed by atoms with Crippen LogP contribution in [-0.2, 0) is 14.3 Å². The predicted octanol–water partition coefficient (Wildman–Crippen LogP) is 6.04. The molecule has 0 saturated carbocycles. The summed E-state index contributed by atoms with van der Waals surface area (Å²) < 4.78 is 23.1. The summed E-state index contributed by atoms with van der Waals surface area (Å²) in [7, 11) is 1.56. The number of aliphatic hydroxyl groups excluding tert-OH is 1. The third-order valence-electron chi connectivity index (χ3n) is 7.37. The van der Waals surface area contributed by atoms with Crippen molar-refractivity contribution >= 4 is 17.4 Å². The summed E-state index contributed by atoms with van der Waals surface area (Å²) in [6.45, 7) is 6.30. The van der Waals surface area contributed by atoms with Crippen LogP contribution in [0.15, 0.2) is 48.0 Å². The molecule has 0 aliphatic carbocycles. The first kappa shape index (κ1) is 29.5. The number of hydrogen-bond acceptors (Lipinski definition) is 7. The molecule has 2 heterocycles. The largest absolute Gasteiger partial charge is 0.507 e. The van der Waals surface area contributed by atoms with Gasteiger partial charge in [0.25, 0.3) is 11.7 Å². The van der Waals surface area contributed by atoms with E-state index >= 15 is 0 Å². The van der Waals surface area contributed by atoms with Gasteiger partial charge in [-0.05, 0) is 67.6 Å². The first-order chi connectivity index (χ1) is 19.5. The lowest BCUT2D eigenvalue weighted by Crippen LogP contribution is -2.36. The highest BCUT2D eigenvalue weighted by atomic mass is 16.5. The van der Waals surface area contributed by atoms with Crippen molar-refractivity contribution in [2.75, 3.05) is 33.5 Å². The highest BCUT2D eigenvalue weighted by molar-refractivity contribution is 6.46. The highest BCUT2D eigenvalue weighted by Crippen LogP contribution is 2.42. The maximum Gasteiger partial charge on any atom is 0.295 e. The Morgan fingerprint density at radius 2 is 1.73 bits per heavy atom. The van der Waals surface area contributed by atoms with E-state index in [4.69, 9.17) is 18.9 Å². The standard InChI is InChI=1S/C32H41NO7/c1-4-6-8-18-40-26-16-13-23(20-27(26)37-3)29-28(31(35)32(36)33(29)21-25-10-9-19-39-25)30(34)22-11-14-24(15-12-22)38-17-7-5-2/h11-16,20,25,29,34H,4-10,17-19,21H2,1-3H3/t25-,29+/m1/s1. The average molecular weight is 552 g/mol. The van der Waals surface area contributed by atoms with Crippen molar-refractivity contribution in [3.63, 3.8) is 0 Å². The molecular weight excluding hydrogens is 510 g/mol. The van der Waals surface area contributed by atoms with Gasteiger partial charge in [-0.15, -0.1) is 0 Å². The maximum absolute atomic E-state index is 13.4. The number of rotatable bonds is 14. The lowest BCUT2D eigenvalue weighted by molar-refractivity contribution is -0.140. The Balaban J connectivity index is 1.70. The van der Waals surface area contributed by atoms with Crippen molar-refractivity contribution in [1.82, 2.24) is 4.90 Å². The fourth-order valence-electron chi connectivity index (χ4n) is 5.13. The van der Waals surface area contributed by atoms with Crippen LogP contribution >= 0.6 is 0 Å². The van der Waals surface area contributed by atoms with Gasteiger partial charge >= 0.3 is 0 Å². The second-order valence-corrected chi connectivity index (χ2v) is 10.3. The molecule has 2 aromatic carbocycles. The molecule has 2 aliphatic rings. The molecule has 2 fully saturated rings. The van der Waals surface area contributed by atoms with Crippen molar-refractivity contribution in [2.45, 2.75) is 70.9 Å². The molecular formula is C32H41NO7. The highest BCUT2D eigenvalue weighted by Gasteiger charge is 2.47. The van der Waals surface area contributed by atoms with Gasteiger partial charge in [-0.3, -0.25) is 9.59 Å². The zero-order valence-corrected chi connectivity index (χ0v) is 23.8. The van der Waals surface area contributed by atoms with Gasteiger partial charge in [0.2, 0.25) is 0 Å². The molecule has 0 spiro atoms.